The lowest BCUT2D eigenvalue weighted by atomic mass is 9.86. The van der Waals surface area contributed by atoms with Gasteiger partial charge in [0.15, 0.2) is 23.3 Å². The number of hydrogen-bond acceptors (Lipinski definition) is 16. The van der Waals surface area contributed by atoms with Gasteiger partial charge in [-0.15, -0.1) is 0 Å². The molecule has 3 unspecified atom stereocenters. The van der Waals surface area contributed by atoms with E-state index < -0.39 is 131 Å². The highest BCUT2D eigenvalue weighted by Crippen LogP contribution is 2.44. The predicted molar refractivity (Wildman–Crippen MR) is 262 cm³/mol. The number of primary amides is 2. The van der Waals surface area contributed by atoms with Gasteiger partial charge in [0.05, 0.1) is 83.5 Å². The second kappa shape index (κ2) is 24.5. The number of Topliss-reactive ketones (excluding diaryl/α,β-unsaturated/α-hetero) is 2. The molecule has 0 aliphatic carbocycles. The fourth-order valence-electron chi connectivity index (χ4n) is 6.20. The summed E-state index contributed by atoms with van der Waals surface area (Å²) in [5.41, 5.74) is 7.19. The van der Waals surface area contributed by atoms with Gasteiger partial charge < -0.3 is 67.4 Å². The summed E-state index contributed by atoms with van der Waals surface area (Å²) in [6.07, 6.45) is -4.02. The maximum Gasteiger partial charge on any atom is 0.253 e. The van der Waals surface area contributed by atoms with Crippen LogP contribution in [0, 0.1) is 21.4 Å². The summed E-state index contributed by atoms with van der Waals surface area (Å²) in [6, 6.07) is 0. The van der Waals surface area contributed by atoms with E-state index >= 15 is 4.79 Å². The minimum absolute atomic E-state index is 0.00697. The molecule has 0 saturated heterocycles. The monoisotopic (exact) mass is 1510 g/mol. The lowest BCUT2D eigenvalue weighted by molar-refractivity contribution is -0.137. The van der Waals surface area contributed by atoms with Crippen LogP contribution in [0.4, 0.5) is 11.4 Å². The van der Waals surface area contributed by atoms with Crippen LogP contribution in [0.2, 0.25) is 0 Å². The number of carbonyl (C=O) groups excluding carboxylic acids is 6. The first-order chi connectivity index (χ1) is 27.6. The van der Waals surface area contributed by atoms with Crippen LogP contribution in [-0.4, -0.2) is 171 Å². The highest BCUT2D eigenvalue weighted by molar-refractivity contribution is 14.1. The Morgan fingerprint density at radius 2 is 1.08 bits per heavy atom. The number of hydrogen-bond donors (Lipinski definition) is 11. The molecule has 328 valence electrons. The van der Waals surface area contributed by atoms with Crippen molar-refractivity contribution in [2.24, 2.45) is 11.5 Å². The Hall–Kier alpha value is -0.520. The van der Waals surface area contributed by atoms with E-state index in [-0.39, 0.29) is 49.5 Å². The van der Waals surface area contributed by atoms with Crippen LogP contribution < -0.4 is 26.6 Å². The van der Waals surface area contributed by atoms with Crippen molar-refractivity contribution in [2.75, 3.05) is 82.2 Å². The molecule has 2 aromatic carbocycles. The molecule has 0 aromatic heterocycles. The van der Waals surface area contributed by atoms with Crippen LogP contribution in [-0.2, 0) is 9.59 Å². The van der Waals surface area contributed by atoms with E-state index in [1.807, 2.05) is 0 Å². The Balaban J connectivity index is 3.39. The Morgan fingerprint density at radius 3 is 1.49 bits per heavy atom. The lowest BCUT2D eigenvalue weighted by Crippen LogP contribution is -2.74. The van der Waals surface area contributed by atoms with Crippen LogP contribution in [0.3, 0.4) is 0 Å². The second-order valence-electron chi connectivity index (χ2n) is 12.1. The molecule has 0 aliphatic heterocycles. The van der Waals surface area contributed by atoms with Gasteiger partial charge in [-0.3, -0.25) is 33.7 Å². The number of rotatable bonds is 23. The summed E-state index contributed by atoms with van der Waals surface area (Å²) in [6.45, 7) is -6.33. The SMILES string of the molecule is CC(=O)C(C(O)C(=O)c1c(I)c(C(=O)NCC(O)CO)c(I)c(N(CCO)C(=O)CO)c1I)(N(CCO)CCO)N(CCO)c1c(I)c(C(N)=O)c(I)c(C(N)=O)c1I. The minimum Gasteiger partial charge on any atom is -0.395 e. The van der Waals surface area contributed by atoms with E-state index in [1.165, 1.54) is 0 Å². The van der Waals surface area contributed by atoms with Crippen molar-refractivity contribution in [3.05, 3.63) is 43.7 Å². The Labute approximate surface area is 419 Å². The standard InChI is InChI=1S/C33H40I6N6O14/c1-13(52)33(43(2-6-46)3-7-47,45(5-9-49)27-23(37)17(30(40)57)21(35)18(24(27)38)31(41)58)29(56)28(55)16-20(34)19(32(59)42-10-14(53)11-50)25(39)26(22(16)36)44(4-8-48)15(54)12-51/h14,29,46-51,53,56H,2-12H2,1H3,(H2,40,57)(H2,41,58)(H,42,59). The third-order valence-corrected chi connectivity index (χ3v) is 15.0. The van der Waals surface area contributed by atoms with Crippen molar-refractivity contribution in [1.82, 2.24) is 10.2 Å². The fourth-order valence-corrected chi connectivity index (χ4v) is 15.8. The number of aliphatic hydroxyl groups is 8. The Kier molecular flexibility index (Phi) is 22.7. The molecule has 2 rings (SSSR count). The minimum atomic E-state index is -2.75. The van der Waals surface area contributed by atoms with Crippen LogP contribution in [0.25, 0.3) is 0 Å². The van der Waals surface area contributed by atoms with E-state index in [2.05, 4.69) is 5.32 Å². The van der Waals surface area contributed by atoms with Gasteiger partial charge in [-0.2, -0.15) is 0 Å². The first-order valence-electron chi connectivity index (χ1n) is 16.8. The molecule has 20 nitrogen and oxygen atoms in total. The molecule has 26 heteroatoms. The zero-order valence-electron chi connectivity index (χ0n) is 30.7. The molecule has 0 fully saturated rings. The van der Waals surface area contributed by atoms with Crippen molar-refractivity contribution >= 4 is 182 Å². The largest absolute Gasteiger partial charge is 0.395 e. The first kappa shape index (κ1) is 54.6. The van der Waals surface area contributed by atoms with E-state index in [4.69, 9.17) is 11.5 Å². The number of halogens is 6. The smallest absolute Gasteiger partial charge is 0.253 e. The van der Waals surface area contributed by atoms with E-state index in [9.17, 15) is 64.8 Å². The van der Waals surface area contributed by atoms with E-state index in [1.54, 1.807) is 136 Å². The summed E-state index contributed by atoms with van der Waals surface area (Å²) >= 11 is 10.1. The molecule has 0 aliphatic rings. The van der Waals surface area contributed by atoms with E-state index in [0.717, 1.165) is 21.6 Å². The molecule has 0 heterocycles. The second-order valence-corrected chi connectivity index (χ2v) is 18.6. The Bertz CT molecular complexity index is 1920. The zero-order chi connectivity index (χ0) is 45.3. The highest BCUT2D eigenvalue weighted by Gasteiger charge is 2.57. The number of benzene rings is 2. The maximum absolute atomic E-state index is 15.3. The van der Waals surface area contributed by atoms with Crippen molar-refractivity contribution in [3.8, 4) is 0 Å². The normalized spacial score (nSPS) is 13.4. The number of ketones is 2. The number of anilines is 2. The molecule has 4 amide bonds. The molecular formula is C33H40I6N6O14. The Morgan fingerprint density at radius 1 is 0.644 bits per heavy atom. The third kappa shape index (κ3) is 11.4. The topological polar surface area (TPSA) is 338 Å². The summed E-state index contributed by atoms with van der Waals surface area (Å²) in [4.78, 5) is 85.7. The summed E-state index contributed by atoms with van der Waals surface area (Å²) in [5.74, 6) is -6.30. The quantitative estimate of drug-likeness (QED) is 0.0344. The molecule has 2 aromatic rings. The number of amides is 4. The molecule has 59 heavy (non-hydrogen) atoms. The lowest BCUT2D eigenvalue weighted by Gasteiger charge is -2.52. The number of carbonyl (C=O) groups is 6. The number of aliphatic hydroxyl groups excluding tert-OH is 8. The third-order valence-electron chi connectivity index (χ3n) is 8.67. The van der Waals surface area contributed by atoms with Crippen molar-refractivity contribution < 1.29 is 69.6 Å². The highest BCUT2D eigenvalue weighted by atomic mass is 127. The molecule has 0 bridgehead atoms. The van der Waals surface area contributed by atoms with Crippen LogP contribution in [0.1, 0.15) is 48.4 Å². The van der Waals surface area contributed by atoms with Gasteiger partial charge in [0.2, 0.25) is 0 Å². The van der Waals surface area contributed by atoms with Gasteiger partial charge in [0.1, 0.15) is 6.61 Å². The summed E-state index contributed by atoms with van der Waals surface area (Å²) < 4.78 is -0.242. The molecule has 0 radical (unpaired) electrons. The molecule has 0 saturated carbocycles. The number of nitrogens with one attached hydrogen (secondary N) is 1. The van der Waals surface area contributed by atoms with Crippen molar-refractivity contribution in [1.29, 1.82) is 0 Å². The predicted octanol–water partition coefficient (Wildman–Crippen LogP) is -1.47. The van der Waals surface area contributed by atoms with Gasteiger partial charge in [-0.25, -0.2) is 0 Å². The summed E-state index contributed by atoms with van der Waals surface area (Å²) in [7, 11) is 0. The van der Waals surface area contributed by atoms with Gasteiger partial charge in [-0.1, -0.05) is 0 Å². The zero-order valence-corrected chi connectivity index (χ0v) is 43.7. The molecular weight excluding hydrogens is 1470 g/mol. The van der Waals surface area contributed by atoms with Gasteiger partial charge in [-0.05, 0) is 142 Å². The van der Waals surface area contributed by atoms with Crippen molar-refractivity contribution in [2.45, 2.75) is 24.8 Å². The van der Waals surface area contributed by atoms with Crippen LogP contribution in [0.5, 0.6) is 0 Å². The average molecular weight is 1510 g/mol. The number of nitrogens with zero attached hydrogens (tertiary/aromatic N) is 3. The molecule has 0 spiro atoms. The summed E-state index contributed by atoms with van der Waals surface area (Å²) in [5, 5.41) is 85.5. The van der Waals surface area contributed by atoms with Gasteiger partial charge >= 0.3 is 0 Å². The molecule has 13 N–H and O–H groups in total. The fraction of sp³-hybridized carbons (Fsp3) is 0.455. The van der Waals surface area contributed by atoms with Gasteiger partial charge in [0.25, 0.3) is 23.6 Å². The van der Waals surface area contributed by atoms with Crippen molar-refractivity contribution in [3.63, 3.8) is 0 Å². The van der Waals surface area contributed by atoms with Crippen LogP contribution >= 0.6 is 136 Å². The van der Waals surface area contributed by atoms with Gasteiger partial charge in [0, 0.05) is 43.4 Å². The van der Waals surface area contributed by atoms with Crippen LogP contribution in [0.15, 0.2) is 0 Å². The molecule has 3 atom stereocenters. The first-order valence-corrected chi connectivity index (χ1v) is 23.3. The number of nitrogens with two attached hydrogens (primary N) is 2. The average Bonchev–Trinajstić information content (AvgIpc) is 3.15. The maximum atomic E-state index is 15.3. The van der Waals surface area contributed by atoms with E-state index in [0.29, 0.717) is 0 Å².